The van der Waals surface area contributed by atoms with Gasteiger partial charge in [0.15, 0.2) is 0 Å². The molecule has 0 radical (unpaired) electrons. The molecule has 1 heterocycles. The predicted molar refractivity (Wildman–Crippen MR) is 72.7 cm³/mol. The van der Waals surface area contributed by atoms with Crippen LogP contribution < -0.4 is 9.47 Å². The van der Waals surface area contributed by atoms with Crippen molar-refractivity contribution in [3.05, 3.63) is 45.6 Å². The fraction of sp³-hybridized carbons (Fsp3) is 0.286. The van der Waals surface area contributed by atoms with E-state index >= 15 is 0 Å². The number of ether oxygens (including phenoxy) is 2. The van der Waals surface area contributed by atoms with Crippen molar-refractivity contribution in [3.8, 4) is 11.5 Å². The van der Waals surface area contributed by atoms with Gasteiger partial charge in [-0.15, -0.1) is 11.3 Å². The Morgan fingerprint density at radius 1 is 1.11 bits per heavy atom. The van der Waals surface area contributed by atoms with Crippen LogP contribution in [0.2, 0.25) is 0 Å². The molecule has 0 aliphatic heterocycles. The lowest BCUT2D eigenvalue weighted by Gasteiger charge is -2.14. The van der Waals surface area contributed by atoms with Crippen LogP contribution in [0, 0.1) is 6.92 Å². The molecule has 2 aromatic rings. The molecule has 0 bridgehead atoms. The number of thiophene rings is 1. The Labute approximate surface area is 111 Å². The number of aliphatic hydroxyl groups excluding tert-OH is 1. The highest BCUT2D eigenvalue weighted by molar-refractivity contribution is 7.12. The van der Waals surface area contributed by atoms with E-state index in [0.717, 1.165) is 10.4 Å². The molecular weight excluding hydrogens is 248 g/mol. The minimum atomic E-state index is -0.662. The van der Waals surface area contributed by atoms with Gasteiger partial charge in [-0.05, 0) is 31.2 Å². The molecule has 1 N–H and O–H groups in total. The minimum absolute atomic E-state index is 0.632. The molecule has 1 aromatic heterocycles. The van der Waals surface area contributed by atoms with Crippen LogP contribution in [0.3, 0.4) is 0 Å². The molecule has 0 saturated carbocycles. The summed E-state index contributed by atoms with van der Waals surface area (Å²) in [5, 5.41) is 10.4. The van der Waals surface area contributed by atoms with Crippen molar-refractivity contribution in [2.45, 2.75) is 13.0 Å². The molecule has 1 atom stereocenters. The maximum atomic E-state index is 10.4. The standard InChI is InChI=1S/C14H16O3S/c1-9-4-7-13(18-9)14(15)11-6-5-10(16-2)8-12(11)17-3/h4-8,14-15H,1-3H3/t14-/m1/s1. The fourth-order valence-electron chi connectivity index (χ4n) is 1.80. The normalized spacial score (nSPS) is 12.2. The SMILES string of the molecule is COc1ccc([C@@H](O)c2ccc(C)s2)c(OC)c1. The van der Waals surface area contributed by atoms with Gasteiger partial charge in [-0.25, -0.2) is 0 Å². The van der Waals surface area contributed by atoms with Crippen molar-refractivity contribution in [2.75, 3.05) is 14.2 Å². The highest BCUT2D eigenvalue weighted by atomic mass is 32.1. The third-order valence-electron chi connectivity index (χ3n) is 2.77. The van der Waals surface area contributed by atoms with Crippen molar-refractivity contribution < 1.29 is 14.6 Å². The van der Waals surface area contributed by atoms with E-state index in [1.165, 1.54) is 4.88 Å². The summed E-state index contributed by atoms with van der Waals surface area (Å²) in [6.45, 7) is 2.02. The van der Waals surface area contributed by atoms with Crippen LogP contribution in [0.4, 0.5) is 0 Å². The smallest absolute Gasteiger partial charge is 0.128 e. The largest absolute Gasteiger partial charge is 0.497 e. The summed E-state index contributed by atoms with van der Waals surface area (Å²) in [5.74, 6) is 1.35. The van der Waals surface area contributed by atoms with Gasteiger partial charge in [0.2, 0.25) is 0 Å². The summed E-state index contributed by atoms with van der Waals surface area (Å²) in [6, 6.07) is 9.37. The van der Waals surface area contributed by atoms with E-state index < -0.39 is 6.10 Å². The third kappa shape index (κ3) is 2.49. The second kappa shape index (κ2) is 5.42. The maximum absolute atomic E-state index is 10.4. The van der Waals surface area contributed by atoms with Crippen LogP contribution in [0.25, 0.3) is 0 Å². The summed E-state index contributed by atoms with van der Waals surface area (Å²) in [6.07, 6.45) is -0.662. The van der Waals surface area contributed by atoms with Crippen LogP contribution in [0.5, 0.6) is 11.5 Å². The van der Waals surface area contributed by atoms with Crippen LogP contribution in [-0.2, 0) is 0 Å². The first-order valence-corrected chi connectivity index (χ1v) is 6.43. The number of hydrogen-bond acceptors (Lipinski definition) is 4. The number of hydrogen-bond donors (Lipinski definition) is 1. The lowest BCUT2D eigenvalue weighted by molar-refractivity contribution is 0.218. The highest BCUT2D eigenvalue weighted by Gasteiger charge is 2.17. The summed E-state index contributed by atoms with van der Waals surface area (Å²) in [7, 11) is 3.19. The van der Waals surface area contributed by atoms with Crippen LogP contribution in [0.15, 0.2) is 30.3 Å². The molecule has 0 aliphatic carbocycles. The van der Waals surface area contributed by atoms with Gasteiger partial charge in [-0.1, -0.05) is 0 Å². The van der Waals surface area contributed by atoms with E-state index in [9.17, 15) is 5.11 Å². The first-order chi connectivity index (χ1) is 8.65. The average Bonchev–Trinajstić information content (AvgIpc) is 2.83. The molecule has 4 heteroatoms. The summed E-state index contributed by atoms with van der Waals surface area (Å²) in [5.41, 5.74) is 0.750. The minimum Gasteiger partial charge on any atom is -0.497 e. The van der Waals surface area contributed by atoms with E-state index in [1.807, 2.05) is 31.2 Å². The van der Waals surface area contributed by atoms with Gasteiger partial charge in [0.25, 0.3) is 0 Å². The lowest BCUT2D eigenvalue weighted by Crippen LogP contribution is -2.01. The van der Waals surface area contributed by atoms with Gasteiger partial charge in [0.05, 0.1) is 14.2 Å². The Kier molecular flexibility index (Phi) is 3.89. The van der Waals surface area contributed by atoms with Crippen molar-refractivity contribution >= 4 is 11.3 Å². The molecule has 0 spiro atoms. The molecule has 0 aliphatic rings. The Morgan fingerprint density at radius 2 is 1.89 bits per heavy atom. The summed E-state index contributed by atoms with van der Waals surface area (Å²) >= 11 is 1.58. The van der Waals surface area contributed by atoms with Crippen molar-refractivity contribution in [2.24, 2.45) is 0 Å². The van der Waals surface area contributed by atoms with Gasteiger partial charge >= 0.3 is 0 Å². The molecule has 2 rings (SSSR count). The Bertz CT molecular complexity index is 534. The van der Waals surface area contributed by atoms with Crippen molar-refractivity contribution in [1.29, 1.82) is 0 Å². The number of rotatable bonds is 4. The Hall–Kier alpha value is -1.52. The number of aryl methyl sites for hydroxylation is 1. The molecule has 96 valence electrons. The van der Waals surface area contributed by atoms with Crippen LogP contribution in [-0.4, -0.2) is 19.3 Å². The molecule has 1 aromatic carbocycles. The van der Waals surface area contributed by atoms with E-state index in [0.29, 0.717) is 11.5 Å². The zero-order chi connectivity index (χ0) is 13.1. The molecular formula is C14H16O3S. The molecule has 0 amide bonds. The summed E-state index contributed by atoms with van der Waals surface area (Å²) in [4.78, 5) is 2.09. The van der Waals surface area contributed by atoms with Crippen LogP contribution in [0.1, 0.15) is 21.4 Å². The molecule has 0 fully saturated rings. The second-order valence-electron chi connectivity index (χ2n) is 3.96. The highest BCUT2D eigenvalue weighted by Crippen LogP contribution is 2.35. The van der Waals surface area contributed by atoms with E-state index in [1.54, 1.807) is 31.6 Å². The quantitative estimate of drug-likeness (QED) is 0.922. The molecule has 18 heavy (non-hydrogen) atoms. The fourth-order valence-corrected chi connectivity index (χ4v) is 2.68. The van der Waals surface area contributed by atoms with Gasteiger partial charge in [-0.2, -0.15) is 0 Å². The number of benzene rings is 1. The zero-order valence-corrected chi connectivity index (χ0v) is 11.5. The zero-order valence-electron chi connectivity index (χ0n) is 10.6. The lowest BCUT2D eigenvalue weighted by atomic mass is 10.1. The monoisotopic (exact) mass is 264 g/mol. The van der Waals surface area contributed by atoms with Gasteiger partial charge in [0.1, 0.15) is 17.6 Å². The molecule has 3 nitrogen and oxygen atoms in total. The topological polar surface area (TPSA) is 38.7 Å². The first-order valence-electron chi connectivity index (χ1n) is 5.62. The second-order valence-corrected chi connectivity index (χ2v) is 5.28. The van der Waals surface area contributed by atoms with E-state index in [4.69, 9.17) is 9.47 Å². The first kappa shape index (κ1) is 12.9. The van der Waals surface area contributed by atoms with Gasteiger partial charge in [0, 0.05) is 21.4 Å². The van der Waals surface area contributed by atoms with Crippen molar-refractivity contribution in [1.82, 2.24) is 0 Å². The van der Waals surface area contributed by atoms with Gasteiger partial charge < -0.3 is 14.6 Å². The van der Waals surface area contributed by atoms with Crippen LogP contribution >= 0.6 is 11.3 Å². The van der Waals surface area contributed by atoms with E-state index in [-0.39, 0.29) is 0 Å². The Morgan fingerprint density at radius 3 is 2.44 bits per heavy atom. The maximum Gasteiger partial charge on any atom is 0.128 e. The summed E-state index contributed by atoms with van der Waals surface area (Å²) < 4.78 is 10.4. The van der Waals surface area contributed by atoms with Crippen molar-refractivity contribution in [3.63, 3.8) is 0 Å². The van der Waals surface area contributed by atoms with Gasteiger partial charge in [-0.3, -0.25) is 0 Å². The third-order valence-corrected chi connectivity index (χ3v) is 3.82. The molecule has 0 saturated heterocycles. The predicted octanol–water partition coefficient (Wildman–Crippen LogP) is 3.16. The van der Waals surface area contributed by atoms with E-state index in [2.05, 4.69) is 0 Å². The Balaban J connectivity index is 2.38. The average molecular weight is 264 g/mol. The number of methoxy groups -OCH3 is 2. The molecule has 0 unspecified atom stereocenters. The number of aliphatic hydroxyl groups is 1.